The summed E-state index contributed by atoms with van der Waals surface area (Å²) in [6, 6.07) is 0. The Balaban J connectivity index is 1.90. The number of nitrogens with one attached hydrogen (secondary N) is 1. The zero-order valence-corrected chi connectivity index (χ0v) is 16.9. The van der Waals surface area contributed by atoms with Crippen molar-refractivity contribution in [2.45, 2.75) is 73.3 Å². The maximum Gasteiger partial charge on any atom is 0.341 e. The fourth-order valence-corrected chi connectivity index (χ4v) is 5.46. The molecule has 1 amide bonds. The van der Waals surface area contributed by atoms with E-state index in [0.717, 1.165) is 31.2 Å². The van der Waals surface area contributed by atoms with Gasteiger partial charge >= 0.3 is 5.97 Å². The van der Waals surface area contributed by atoms with Crippen LogP contribution in [0.2, 0.25) is 0 Å². The molecule has 1 heterocycles. The van der Waals surface area contributed by atoms with E-state index in [2.05, 4.69) is 33.0 Å². The number of thiophene rings is 1. The molecule has 0 saturated heterocycles. The Labute approximate surface area is 154 Å². The summed E-state index contributed by atoms with van der Waals surface area (Å²) in [5.74, 6) is -0.320. The van der Waals surface area contributed by atoms with Crippen LogP contribution in [0.1, 0.15) is 75.2 Å². The average Bonchev–Trinajstić information content (AvgIpc) is 2.77. The molecular weight excluding hydrogens is 334 g/mol. The van der Waals surface area contributed by atoms with Crippen molar-refractivity contribution in [1.82, 2.24) is 0 Å². The van der Waals surface area contributed by atoms with E-state index in [4.69, 9.17) is 4.74 Å². The van der Waals surface area contributed by atoms with E-state index in [9.17, 15) is 9.59 Å². The first kappa shape index (κ1) is 18.4. The van der Waals surface area contributed by atoms with Crippen molar-refractivity contribution >= 4 is 28.2 Å². The summed E-state index contributed by atoms with van der Waals surface area (Å²) in [5.41, 5.74) is 1.64. The molecule has 0 aliphatic heterocycles. The van der Waals surface area contributed by atoms with Crippen molar-refractivity contribution in [2.24, 2.45) is 16.7 Å². The van der Waals surface area contributed by atoms with Crippen molar-refractivity contribution in [3.8, 4) is 0 Å². The fraction of sp³-hybridized carbons (Fsp3) is 0.700. The van der Waals surface area contributed by atoms with E-state index in [0.29, 0.717) is 10.6 Å². The van der Waals surface area contributed by atoms with E-state index in [1.807, 2.05) is 13.8 Å². The first-order chi connectivity index (χ1) is 11.6. The lowest BCUT2D eigenvalue weighted by molar-refractivity contribution is -0.118. The molecule has 138 valence electrons. The van der Waals surface area contributed by atoms with Crippen LogP contribution in [0.25, 0.3) is 0 Å². The molecule has 2 aliphatic carbocycles. The van der Waals surface area contributed by atoms with E-state index in [1.54, 1.807) is 11.3 Å². The predicted molar refractivity (Wildman–Crippen MR) is 101 cm³/mol. The van der Waals surface area contributed by atoms with E-state index < -0.39 is 0 Å². The van der Waals surface area contributed by atoms with Crippen LogP contribution in [0.5, 0.6) is 0 Å². The lowest BCUT2D eigenvalue weighted by atomic mass is 9.95. The van der Waals surface area contributed by atoms with Gasteiger partial charge < -0.3 is 10.1 Å². The number of esters is 1. The molecule has 3 rings (SSSR count). The van der Waals surface area contributed by atoms with Crippen LogP contribution in [0.4, 0.5) is 5.00 Å². The maximum atomic E-state index is 12.9. The van der Waals surface area contributed by atoms with Crippen LogP contribution in [-0.2, 0) is 22.4 Å². The third-order valence-corrected chi connectivity index (χ3v) is 7.45. The zero-order chi connectivity index (χ0) is 18.6. The van der Waals surface area contributed by atoms with Gasteiger partial charge in [0.1, 0.15) is 5.00 Å². The van der Waals surface area contributed by atoms with Crippen LogP contribution >= 0.6 is 11.3 Å². The van der Waals surface area contributed by atoms with Gasteiger partial charge in [0.2, 0.25) is 5.91 Å². The van der Waals surface area contributed by atoms with Crippen molar-refractivity contribution in [2.75, 3.05) is 5.32 Å². The number of ether oxygens (including phenoxy) is 1. The van der Waals surface area contributed by atoms with Gasteiger partial charge in [-0.3, -0.25) is 4.79 Å². The number of aryl methyl sites for hydroxylation is 1. The minimum atomic E-state index is -0.306. The zero-order valence-electron chi connectivity index (χ0n) is 16.1. The minimum absolute atomic E-state index is 0.0205. The Morgan fingerprint density at radius 1 is 1.12 bits per heavy atom. The molecule has 0 spiro atoms. The minimum Gasteiger partial charge on any atom is -0.459 e. The smallest absolute Gasteiger partial charge is 0.341 e. The molecule has 0 radical (unpaired) electrons. The van der Waals surface area contributed by atoms with Crippen LogP contribution in [0.15, 0.2) is 0 Å². The highest BCUT2D eigenvalue weighted by Gasteiger charge is 2.68. The lowest BCUT2D eigenvalue weighted by Gasteiger charge is -2.14. The normalized spacial score (nSPS) is 20.9. The quantitative estimate of drug-likeness (QED) is 0.781. The second-order valence-electron chi connectivity index (χ2n) is 8.73. The topological polar surface area (TPSA) is 55.4 Å². The van der Waals surface area contributed by atoms with Gasteiger partial charge in [0.05, 0.1) is 11.7 Å². The second-order valence-corrected chi connectivity index (χ2v) is 9.84. The van der Waals surface area contributed by atoms with Gasteiger partial charge in [-0.05, 0) is 55.9 Å². The number of amides is 1. The molecule has 0 unspecified atom stereocenters. The van der Waals surface area contributed by atoms with Gasteiger partial charge in [-0.2, -0.15) is 0 Å². The molecular formula is C20H29NO3S. The standard InChI is InChI=1S/C20H29NO3S/c1-11(2)24-18(23)14-12-9-7-8-10-13(12)25-17(14)21-16(22)15-19(3,4)20(15,5)6/h11,15H,7-10H2,1-6H3,(H,21,22). The van der Waals surface area contributed by atoms with Crippen molar-refractivity contribution < 1.29 is 14.3 Å². The van der Waals surface area contributed by atoms with Gasteiger partial charge in [-0.15, -0.1) is 11.3 Å². The van der Waals surface area contributed by atoms with Crippen molar-refractivity contribution in [3.63, 3.8) is 0 Å². The van der Waals surface area contributed by atoms with Crippen LogP contribution in [0, 0.1) is 16.7 Å². The third kappa shape index (κ3) is 3.01. The van der Waals surface area contributed by atoms with Crippen LogP contribution in [-0.4, -0.2) is 18.0 Å². The number of carbonyl (C=O) groups excluding carboxylic acids is 2. The highest BCUT2D eigenvalue weighted by molar-refractivity contribution is 7.17. The molecule has 25 heavy (non-hydrogen) atoms. The number of rotatable bonds is 4. The molecule has 4 nitrogen and oxygen atoms in total. The molecule has 1 N–H and O–H groups in total. The lowest BCUT2D eigenvalue weighted by Crippen LogP contribution is -2.20. The van der Waals surface area contributed by atoms with Gasteiger partial charge in [-0.25, -0.2) is 4.79 Å². The predicted octanol–water partition coefficient (Wildman–Crippen LogP) is 4.81. The fourth-order valence-electron chi connectivity index (χ4n) is 4.18. The first-order valence-corrected chi connectivity index (χ1v) is 10.1. The Morgan fingerprint density at radius 2 is 1.72 bits per heavy atom. The highest BCUT2D eigenvalue weighted by atomic mass is 32.1. The third-order valence-electron chi connectivity index (χ3n) is 6.24. The van der Waals surface area contributed by atoms with Crippen LogP contribution in [0.3, 0.4) is 0 Å². The SMILES string of the molecule is CC(C)OC(=O)c1c(NC(=O)C2C(C)(C)C2(C)C)sc2c1CCCC2. The van der Waals surface area contributed by atoms with Crippen LogP contribution < -0.4 is 5.32 Å². The van der Waals surface area contributed by atoms with Crippen molar-refractivity contribution in [3.05, 3.63) is 16.0 Å². The molecule has 0 aromatic carbocycles. The Morgan fingerprint density at radius 3 is 2.28 bits per heavy atom. The van der Waals surface area contributed by atoms with Gasteiger partial charge in [0.25, 0.3) is 0 Å². The number of anilines is 1. The second kappa shape index (κ2) is 6.11. The van der Waals surface area contributed by atoms with Gasteiger partial charge in [0, 0.05) is 10.8 Å². The summed E-state index contributed by atoms with van der Waals surface area (Å²) in [5, 5.41) is 3.76. The van der Waals surface area contributed by atoms with E-state index >= 15 is 0 Å². The average molecular weight is 364 g/mol. The van der Waals surface area contributed by atoms with E-state index in [-0.39, 0.29) is 34.7 Å². The number of hydrogen-bond donors (Lipinski definition) is 1. The highest BCUT2D eigenvalue weighted by Crippen LogP contribution is 2.68. The van der Waals surface area contributed by atoms with E-state index in [1.165, 1.54) is 4.88 Å². The summed E-state index contributed by atoms with van der Waals surface area (Å²) in [4.78, 5) is 26.8. The monoisotopic (exact) mass is 363 g/mol. The molecule has 1 aromatic heterocycles. The number of fused-ring (bicyclic) bond motifs is 1. The van der Waals surface area contributed by atoms with Gasteiger partial charge in [-0.1, -0.05) is 27.7 Å². The molecule has 2 aliphatic rings. The number of hydrogen-bond acceptors (Lipinski definition) is 4. The summed E-state index contributed by atoms with van der Waals surface area (Å²) in [6.45, 7) is 12.2. The summed E-state index contributed by atoms with van der Waals surface area (Å²) in [6.07, 6.45) is 3.93. The molecule has 1 fully saturated rings. The van der Waals surface area contributed by atoms with Crippen molar-refractivity contribution in [1.29, 1.82) is 0 Å². The number of carbonyl (C=O) groups is 2. The largest absolute Gasteiger partial charge is 0.459 e. The Kier molecular flexibility index (Phi) is 4.51. The Bertz CT molecular complexity index is 701. The molecule has 0 atom stereocenters. The Hall–Kier alpha value is -1.36. The molecule has 1 aromatic rings. The molecule has 5 heteroatoms. The summed E-state index contributed by atoms with van der Waals surface area (Å²) >= 11 is 1.56. The summed E-state index contributed by atoms with van der Waals surface area (Å²) in [7, 11) is 0. The van der Waals surface area contributed by atoms with Gasteiger partial charge in [0.15, 0.2) is 0 Å². The molecule has 0 bridgehead atoms. The summed E-state index contributed by atoms with van der Waals surface area (Å²) < 4.78 is 5.46. The molecule has 1 saturated carbocycles. The maximum absolute atomic E-state index is 12.9. The first-order valence-electron chi connectivity index (χ1n) is 9.23.